The lowest BCUT2D eigenvalue weighted by Crippen LogP contribution is -2.20. The van der Waals surface area contributed by atoms with Crippen LogP contribution in [-0.2, 0) is 11.3 Å². The standard InChI is InChI=1S/C29H22N4O5/c1-17-21(18-8-4-6-11-23(18)32(17)16-27(34)35)15-30-33-28(31-22-10-5-3-9-19(22)29(33)36)26-14-20-24(37-2)12-7-13-25(20)38-26/h3-15H,16H2,1-2H3,(H,34,35). The molecule has 0 aliphatic carbocycles. The zero-order valence-corrected chi connectivity index (χ0v) is 20.6. The van der Waals surface area contributed by atoms with Gasteiger partial charge in [-0.3, -0.25) is 9.59 Å². The quantitative estimate of drug-likeness (QED) is 0.317. The Kier molecular flexibility index (Phi) is 5.53. The van der Waals surface area contributed by atoms with Crippen molar-refractivity contribution in [2.45, 2.75) is 13.5 Å². The molecule has 0 saturated carbocycles. The van der Waals surface area contributed by atoms with Crippen LogP contribution >= 0.6 is 0 Å². The van der Waals surface area contributed by atoms with E-state index in [1.807, 2.05) is 55.5 Å². The van der Waals surface area contributed by atoms with Gasteiger partial charge in [0, 0.05) is 22.2 Å². The number of fused-ring (bicyclic) bond motifs is 3. The second kappa shape index (κ2) is 9.04. The number of aromatic nitrogens is 3. The van der Waals surface area contributed by atoms with Crippen molar-refractivity contribution in [3.8, 4) is 17.3 Å². The minimum Gasteiger partial charge on any atom is -0.496 e. The molecule has 9 heteroatoms. The summed E-state index contributed by atoms with van der Waals surface area (Å²) in [5.74, 6) is 0.275. The predicted octanol–water partition coefficient (Wildman–Crippen LogP) is 5.05. The third-order valence-corrected chi connectivity index (χ3v) is 6.59. The van der Waals surface area contributed by atoms with Crippen LogP contribution in [0.15, 0.2) is 87.1 Å². The lowest BCUT2D eigenvalue weighted by molar-refractivity contribution is -0.137. The van der Waals surface area contributed by atoms with Gasteiger partial charge >= 0.3 is 5.97 Å². The van der Waals surface area contributed by atoms with Gasteiger partial charge in [-0.05, 0) is 43.3 Å². The largest absolute Gasteiger partial charge is 0.496 e. The van der Waals surface area contributed by atoms with Crippen LogP contribution in [0, 0.1) is 6.92 Å². The highest BCUT2D eigenvalue weighted by Gasteiger charge is 2.19. The maximum absolute atomic E-state index is 13.6. The number of benzene rings is 3. The lowest BCUT2D eigenvalue weighted by atomic mass is 10.1. The van der Waals surface area contributed by atoms with Crippen molar-refractivity contribution < 1.29 is 19.1 Å². The summed E-state index contributed by atoms with van der Waals surface area (Å²) in [5, 5.41) is 16.0. The van der Waals surface area contributed by atoms with E-state index in [-0.39, 0.29) is 17.9 Å². The first-order chi connectivity index (χ1) is 18.5. The normalized spacial score (nSPS) is 11.7. The number of hydrogen-bond acceptors (Lipinski definition) is 6. The van der Waals surface area contributed by atoms with Crippen LogP contribution in [0.2, 0.25) is 0 Å². The molecule has 38 heavy (non-hydrogen) atoms. The molecule has 0 aliphatic rings. The van der Waals surface area contributed by atoms with Crippen LogP contribution in [0.4, 0.5) is 0 Å². The second-order valence-corrected chi connectivity index (χ2v) is 8.79. The number of hydrogen-bond donors (Lipinski definition) is 1. The fourth-order valence-corrected chi connectivity index (χ4v) is 4.79. The van der Waals surface area contributed by atoms with Crippen LogP contribution in [0.1, 0.15) is 11.3 Å². The van der Waals surface area contributed by atoms with Crippen LogP contribution in [0.3, 0.4) is 0 Å². The smallest absolute Gasteiger partial charge is 0.323 e. The molecular weight excluding hydrogens is 484 g/mol. The van der Waals surface area contributed by atoms with Crippen molar-refractivity contribution >= 4 is 45.0 Å². The van der Waals surface area contributed by atoms with E-state index in [1.165, 1.54) is 4.68 Å². The summed E-state index contributed by atoms with van der Waals surface area (Å²) in [6, 6.07) is 21.8. The molecule has 9 nitrogen and oxygen atoms in total. The Morgan fingerprint density at radius 1 is 1.05 bits per heavy atom. The molecule has 3 aromatic carbocycles. The first-order valence-corrected chi connectivity index (χ1v) is 11.9. The Morgan fingerprint density at radius 2 is 1.82 bits per heavy atom. The van der Waals surface area contributed by atoms with Gasteiger partial charge in [0.15, 0.2) is 5.76 Å². The fraction of sp³-hybridized carbons (Fsp3) is 0.103. The van der Waals surface area contributed by atoms with E-state index in [4.69, 9.17) is 14.1 Å². The number of carboxylic acid groups (broad SMARTS) is 1. The predicted molar refractivity (Wildman–Crippen MR) is 145 cm³/mol. The maximum atomic E-state index is 13.6. The van der Waals surface area contributed by atoms with E-state index >= 15 is 0 Å². The highest BCUT2D eigenvalue weighted by Crippen LogP contribution is 2.33. The van der Waals surface area contributed by atoms with Crippen molar-refractivity contribution in [1.82, 2.24) is 14.2 Å². The molecule has 0 saturated heterocycles. The average Bonchev–Trinajstić information content (AvgIpc) is 3.47. The summed E-state index contributed by atoms with van der Waals surface area (Å²) in [5.41, 5.74) is 2.93. The van der Waals surface area contributed by atoms with Crippen molar-refractivity contribution in [1.29, 1.82) is 0 Å². The zero-order chi connectivity index (χ0) is 26.4. The van der Waals surface area contributed by atoms with Crippen molar-refractivity contribution in [3.63, 3.8) is 0 Å². The second-order valence-electron chi connectivity index (χ2n) is 8.79. The molecule has 1 N–H and O–H groups in total. The van der Waals surface area contributed by atoms with Crippen LogP contribution in [0.25, 0.3) is 44.4 Å². The number of para-hydroxylation sites is 2. The Hall–Kier alpha value is -5.18. The number of rotatable bonds is 6. The Morgan fingerprint density at radius 3 is 2.61 bits per heavy atom. The molecule has 0 atom stereocenters. The lowest BCUT2D eigenvalue weighted by Gasteiger charge is -2.07. The van der Waals surface area contributed by atoms with E-state index in [2.05, 4.69) is 5.10 Å². The van der Waals surface area contributed by atoms with Gasteiger partial charge in [-0.15, -0.1) is 0 Å². The molecule has 0 radical (unpaired) electrons. The number of methoxy groups -OCH3 is 1. The average molecular weight is 507 g/mol. The van der Waals surface area contributed by atoms with Gasteiger partial charge < -0.3 is 18.8 Å². The summed E-state index contributed by atoms with van der Waals surface area (Å²) in [4.78, 5) is 29.9. The first kappa shape index (κ1) is 23.2. The third kappa shape index (κ3) is 3.72. The van der Waals surface area contributed by atoms with Gasteiger partial charge in [0.2, 0.25) is 5.82 Å². The number of furan rings is 1. The van der Waals surface area contributed by atoms with Crippen molar-refractivity contribution in [2.24, 2.45) is 5.10 Å². The van der Waals surface area contributed by atoms with Crippen molar-refractivity contribution in [2.75, 3.05) is 7.11 Å². The van der Waals surface area contributed by atoms with E-state index in [1.54, 1.807) is 42.2 Å². The summed E-state index contributed by atoms with van der Waals surface area (Å²) < 4.78 is 14.5. The highest BCUT2D eigenvalue weighted by molar-refractivity contribution is 6.01. The molecule has 6 rings (SSSR count). The molecule has 0 bridgehead atoms. The number of ether oxygens (including phenoxy) is 1. The molecule has 3 heterocycles. The van der Waals surface area contributed by atoms with Gasteiger partial charge in [0.05, 0.1) is 29.6 Å². The van der Waals surface area contributed by atoms with Crippen LogP contribution < -0.4 is 10.3 Å². The minimum atomic E-state index is -0.949. The molecule has 0 aliphatic heterocycles. The molecule has 0 amide bonds. The van der Waals surface area contributed by atoms with Gasteiger partial charge in [0.1, 0.15) is 17.9 Å². The minimum absolute atomic E-state index is 0.191. The molecule has 0 fully saturated rings. The van der Waals surface area contributed by atoms with E-state index in [0.717, 1.165) is 16.3 Å². The molecule has 0 unspecified atom stereocenters. The monoisotopic (exact) mass is 506 g/mol. The zero-order valence-electron chi connectivity index (χ0n) is 20.6. The van der Waals surface area contributed by atoms with Gasteiger partial charge in [-0.25, -0.2) is 4.98 Å². The number of aliphatic carboxylic acids is 1. The fourth-order valence-electron chi connectivity index (χ4n) is 4.79. The Bertz CT molecular complexity index is 1960. The Balaban J connectivity index is 1.58. The summed E-state index contributed by atoms with van der Waals surface area (Å²) >= 11 is 0. The van der Waals surface area contributed by atoms with E-state index in [9.17, 15) is 14.7 Å². The maximum Gasteiger partial charge on any atom is 0.323 e. The third-order valence-electron chi connectivity index (χ3n) is 6.59. The van der Waals surface area contributed by atoms with Gasteiger partial charge in [-0.2, -0.15) is 9.78 Å². The number of carboxylic acids is 1. The van der Waals surface area contributed by atoms with Gasteiger partial charge in [-0.1, -0.05) is 36.4 Å². The SMILES string of the molecule is COc1cccc2oc(-c3nc4ccccc4c(=O)n3N=Cc3c(C)n(CC(=O)O)c4ccccc34)cc12. The molecule has 6 aromatic rings. The molecule has 0 spiro atoms. The summed E-state index contributed by atoms with van der Waals surface area (Å²) in [7, 11) is 1.58. The van der Waals surface area contributed by atoms with Crippen molar-refractivity contribution in [3.05, 3.63) is 94.4 Å². The summed E-state index contributed by atoms with van der Waals surface area (Å²) in [6.45, 7) is 1.64. The number of carbonyl (C=O) groups is 1. The number of nitrogens with zero attached hydrogens (tertiary/aromatic N) is 4. The highest BCUT2D eigenvalue weighted by atomic mass is 16.5. The van der Waals surface area contributed by atoms with E-state index < -0.39 is 5.97 Å². The van der Waals surface area contributed by atoms with Gasteiger partial charge in [0.25, 0.3) is 5.56 Å². The topological polar surface area (TPSA) is 112 Å². The first-order valence-electron chi connectivity index (χ1n) is 11.9. The Labute approximate surface area is 215 Å². The van der Waals surface area contributed by atoms with E-state index in [0.29, 0.717) is 39.3 Å². The van der Waals surface area contributed by atoms with Crippen LogP contribution in [0.5, 0.6) is 5.75 Å². The molecule has 188 valence electrons. The summed E-state index contributed by atoms with van der Waals surface area (Å²) in [6.07, 6.45) is 1.57. The molecule has 3 aromatic heterocycles. The molecular formula is C29H22N4O5. The van der Waals surface area contributed by atoms with Crippen LogP contribution in [-0.4, -0.2) is 38.6 Å².